The van der Waals surface area contributed by atoms with Gasteiger partial charge in [0.05, 0.1) is 4.70 Å². The van der Waals surface area contributed by atoms with Gasteiger partial charge in [0, 0.05) is 17.2 Å². The zero-order valence-corrected chi connectivity index (χ0v) is 15.5. The number of benzene rings is 2. The Labute approximate surface area is 159 Å². The van der Waals surface area contributed by atoms with E-state index in [1.807, 2.05) is 24.1 Å². The summed E-state index contributed by atoms with van der Waals surface area (Å²) in [5.41, 5.74) is 8.45. The molecule has 5 nitrogen and oxygen atoms in total. The highest BCUT2D eigenvalue weighted by Crippen LogP contribution is 2.35. The number of hydrogen-bond acceptors (Lipinski definition) is 6. The predicted octanol–water partition coefficient (Wildman–Crippen LogP) is 3.17. The highest BCUT2D eigenvalue weighted by Gasteiger charge is 2.09. The molecule has 0 aliphatic heterocycles. The first-order valence-corrected chi connectivity index (χ1v) is 9.69. The lowest BCUT2D eigenvalue weighted by Crippen LogP contribution is -2.20. The fourth-order valence-corrected chi connectivity index (χ4v) is 4.34. The van der Waals surface area contributed by atoms with E-state index in [1.54, 1.807) is 17.8 Å². The Morgan fingerprint density at radius 1 is 1.35 bits per heavy atom. The Morgan fingerprint density at radius 3 is 2.96 bits per heavy atom. The summed E-state index contributed by atoms with van der Waals surface area (Å²) in [5.74, 6) is 2.64. The maximum Gasteiger partial charge on any atom is 0.295 e. The van der Waals surface area contributed by atoms with Gasteiger partial charge in [-0.05, 0) is 35.6 Å². The van der Waals surface area contributed by atoms with Crippen molar-refractivity contribution in [2.75, 3.05) is 11.5 Å². The van der Waals surface area contributed by atoms with E-state index in [4.69, 9.17) is 12.2 Å². The molecule has 0 fully saturated rings. The standard InChI is InChI=1S/C19H17N3O2S2/c1-2-17(24)21-11-13-5-3-4-12(8-13)6-7-25-14-9-15(23)18-16(10-14)26-19(20)22-18/h1,3-5,8-10,23H,6-7,11H2,(H2,20,22)(H,21,24). The maximum atomic E-state index is 11.1. The number of nitrogens with two attached hydrogens (primary N) is 1. The number of aromatic nitrogens is 1. The van der Waals surface area contributed by atoms with Crippen LogP contribution in [0.4, 0.5) is 5.13 Å². The molecule has 0 bridgehead atoms. The second-order valence-electron chi connectivity index (χ2n) is 5.59. The van der Waals surface area contributed by atoms with Crippen LogP contribution in [0.15, 0.2) is 41.3 Å². The second-order valence-corrected chi connectivity index (χ2v) is 7.82. The van der Waals surface area contributed by atoms with Crippen molar-refractivity contribution < 1.29 is 9.90 Å². The summed E-state index contributed by atoms with van der Waals surface area (Å²) >= 11 is 3.03. The lowest BCUT2D eigenvalue weighted by molar-refractivity contribution is -0.115. The number of amides is 1. The van der Waals surface area contributed by atoms with Crippen LogP contribution in [0.2, 0.25) is 0 Å². The average Bonchev–Trinajstić information content (AvgIpc) is 3.01. The molecule has 0 spiro atoms. The molecule has 1 heterocycles. The van der Waals surface area contributed by atoms with Gasteiger partial charge in [0.2, 0.25) is 0 Å². The molecule has 0 aliphatic rings. The highest BCUT2D eigenvalue weighted by atomic mass is 32.2. The Kier molecular flexibility index (Phi) is 5.66. The number of rotatable bonds is 6. The van der Waals surface area contributed by atoms with Gasteiger partial charge >= 0.3 is 0 Å². The first-order chi connectivity index (χ1) is 12.5. The molecule has 7 heteroatoms. The molecule has 26 heavy (non-hydrogen) atoms. The molecule has 0 unspecified atom stereocenters. The van der Waals surface area contributed by atoms with Crippen molar-refractivity contribution in [2.24, 2.45) is 0 Å². The molecule has 0 saturated carbocycles. The largest absolute Gasteiger partial charge is 0.506 e. The summed E-state index contributed by atoms with van der Waals surface area (Å²) in [6, 6.07) is 11.7. The van der Waals surface area contributed by atoms with E-state index < -0.39 is 5.91 Å². The van der Waals surface area contributed by atoms with Crippen LogP contribution < -0.4 is 11.1 Å². The van der Waals surface area contributed by atoms with Gasteiger partial charge in [-0.25, -0.2) is 4.98 Å². The van der Waals surface area contributed by atoms with Crippen LogP contribution in [0.1, 0.15) is 11.1 Å². The van der Waals surface area contributed by atoms with E-state index in [0.717, 1.165) is 27.3 Å². The van der Waals surface area contributed by atoms with Crippen LogP contribution in [0, 0.1) is 12.3 Å². The van der Waals surface area contributed by atoms with Crippen molar-refractivity contribution in [2.45, 2.75) is 17.9 Å². The molecule has 0 atom stereocenters. The van der Waals surface area contributed by atoms with Crippen molar-refractivity contribution in [1.82, 2.24) is 10.3 Å². The third kappa shape index (κ3) is 4.48. The Balaban J connectivity index is 1.59. The molecular formula is C19H17N3O2S2. The summed E-state index contributed by atoms with van der Waals surface area (Å²) < 4.78 is 0.885. The summed E-state index contributed by atoms with van der Waals surface area (Å²) in [6.07, 6.45) is 5.91. The smallest absolute Gasteiger partial charge is 0.295 e. The van der Waals surface area contributed by atoms with Gasteiger partial charge in [-0.15, -0.1) is 18.2 Å². The zero-order chi connectivity index (χ0) is 18.5. The number of aryl methyl sites for hydroxylation is 1. The number of thiazole rings is 1. The predicted molar refractivity (Wildman–Crippen MR) is 107 cm³/mol. The van der Waals surface area contributed by atoms with E-state index in [0.29, 0.717) is 17.2 Å². The third-order valence-corrected chi connectivity index (χ3v) is 5.51. The number of hydrogen-bond donors (Lipinski definition) is 3. The van der Waals surface area contributed by atoms with Gasteiger partial charge < -0.3 is 16.2 Å². The van der Waals surface area contributed by atoms with E-state index in [1.165, 1.54) is 16.9 Å². The average molecular weight is 383 g/mol. The highest BCUT2D eigenvalue weighted by molar-refractivity contribution is 7.99. The van der Waals surface area contributed by atoms with Gasteiger partial charge in [0.1, 0.15) is 11.3 Å². The summed E-state index contributed by atoms with van der Waals surface area (Å²) in [6.45, 7) is 0.418. The number of carbonyl (C=O) groups excluding carboxylic acids is 1. The van der Waals surface area contributed by atoms with Gasteiger partial charge in [0.25, 0.3) is 5.91 Å². The molecule has 4 N–H and O–H groups in total. The first-order valence-electron chi connectivity index (χ1n) is 7.89. The number of thioether (sulfide) groups is 1. The van der Waals surface area contributed by atoms with Crippen LogP contribution in [0.25, 0.3) is 10.2 Å². The number of nitrogen functional groups attached to an aromatic ring is 1. The molecule has 3 rings (SSSR count). The fraction of sp³-hybridized carbons (Fsp3) is 0.158. The van der Waals surface area contributed by atoms with Crippen molar-refractivity contribution in [3.8, 4) is 18.1 Å². The van der Waals surface area contributed by atoms with Crippen molar-refractivity contribution in [3.63, 3.8) is 0 Å². The minimum absolute atomic E-state index is 0.157. The molecule has 3 aromatic rings. The number of phenolic OH excluding ortho intramolecular Hbond substituents is 1. The minimum atomic E-state index is -0.412. The molecular weight excluding hydrogens is 366 g/mol. The molecule has 0 aliphatic carbocycles. The topological polar surface area (TPSA) is 88.2 Å². The minimum Gasteiger partial charge on any atom is -0.506 e. The van der Waals surface area contributed by atoms with Crippen LogP contribution in [0.5, 0.6) is 5.75 Å². The Hall–Kier alpha value is -2.69. The monoisotopic (exact) mass is 383 g/mol. The second kappa shape index (κ2) is 8.13. The SMILES string of the molecule is C#CC(=O)NCc1cccc(CCSc2cc(O)c3nc(N)sc3c2)c1. The number of nitrogens with zero attached hydrogens (tertiary/aromatic N) is 1. The van der Waals surface area contributed by atoms with Crippen molar-refractivity contribution in [3.05, 3.63) is 47.5 Å². The molecule has 0 saturated heterocycles. The molecule has 1 aromatic heterocycles. The van der Waals surface area contributed by atoms with Crippen molar-refractivity contribution in [1.29, 1.82) is 0 Å². The summed E-state index contributed by atoms with van der Waals surface area (Å²) in [7, 11) is 0. The van der Waals surface area contributed by atoms with Gasteiger partial charge in [-0.2, -0.15) is 0 Å². The number of fused-ring (bicyclic) bond motifs is 1. The summed E-state index contributed by atoms with van der Waals surface area (Å²) in [4.78, 5) is 16.2. The van der Waals surface area contributed by atoms with Crippen molar-refractivity contribution >= 4 is 44.4 Å². The molecule has 0 radical (unpaired) electrons. The summed E-state index contributed by atoms with van der Waals surface area (Å²) in [5, 5.41) is 13.2. The maximum absolute atomic E-state index is 11.1. The van der Waals surface area contributed by atoms with Crippen LogP contribution >= 0.6 is 23.1 Å². The molecule has 132 valence electrons. The van der Waals surface area contributed by atoms with E-state index in [-0.39, 0.29) is 5.75 Å². The molecule has 1 amide bonds. The molecule has 2 aromatic carbocycles. The van der Waals surface area contributed by atoms with Crippen LogP contribution in [0.3, 0.4) is 0 Å². The van der Waals surface area contributed by atoms with E-state index >= 15 is 0 Å². The normalized spacial score (nSPS) is 10.6. The Morgan fingerprint density at radius 2 is 2.15 bits per heavy atom. The van der Waals surface area contributed by atoms with E-state index in [9.17, 15) is 9.90 Å². The van der Waals surface area contributed by atoms with Gasteiger partial charge in [-0.1, -0.05) is 35.6 Å². The fourth-order valence-electron chi connectivity index (χ4n) is 2.50. The number of terminal acetylenes is 1. The third-order valence-electron chi connectivity index (χ3n) is 3.70. The number of anilines is 1. The lowest BCUT2D eigenvalue weighted by Gasteiger charge is -2.06. The van der Waals surface area contributed by atoms with Crippen LogP contribution in [-0.2, 0) is 17.8 Å². The number of nitrogens with one attached hydrogen (secondary N) is 1. The zero-order valence-electron chi connectivity index (χ0n) is 13.9. The van der Waals surface area contributed by atoms with Gasteiger partial charge in [0.15, 0.2) is 5.13 Å². The first kappa shape index (κ1) is 18.1. The van der Waals surface area contributed by atoms with E-state index in [2.05, 4.69) is 22.4 Å². The Bertz CT molecular complexity index is 992. The lowest BCUT2D eigenvalue weighted by atomic mass is 10.1. The van der Waals surface area contributed by atoms with Gasteiger partial charge in [-0.3, -0.25) is 4.79 Å². The quantitative estimate of drug-likeness (QED) is 0.449. The number of phenols is 1. The van der Waals surface area contributed by atoms with Crippen LogP contribution in [-0.4, -0.2) is 21.8 Å². The number of carbonyl (C=O) groups is 1. The number of aromatic hydroxyl groups is 1.